The summed E-state index contributed by atoms with van der Waals surface area (Å²) in [5.74, 6) is 0.779. The Bertz CT molecular complexity index is 786. The number of benzene rings is 2. The van der Waals surface area contributed by atoms with E-state index in [0.717, 1.165) is 31.6 Å². The Balaban J connectivity index is 1.44. The number of nitrogens with one attached hydrogen (secondary N) is 1. The second-order valence-corrected chi connectivity index (χ2v) is 8.38. The van der Waals surface area contributed by atoms with Crippen LogP contribution in [0.25, 0.3) is 0 Å². The average molecular weight is 409 g/mol. The van der Waals surface area contributed by atoms with E-state index in [0.29, 0.717) is 24.2 Å². The van der Waals surface area contributed by atoms with Gasteiger partial charge in [-0.1, -0.05) is 37.6 Å². The van der Waals surface area contributed by atoms with E-state index >= 15 is 0 Å². The first-order valence-electron chi connectivity index (χ1n) is 11.4. The molecule has 0 aromatic heterocycles. The lowest BCUT2D eigenvalue weighted by Crippen LogP contribution is -2.29. The summed E-state index contributed by atoms with van der Waals surface area (Å²) in [5.41, 5.74) is 3.29. The first kappa shape index (κ1) is 22.4. The summed E-state index contributed by atoms with van der Waals surface area (Å²) in [6.07, 6.45) is 5.59. The topological polar surface area (TPSA) is 41.6 Å². The van der Waals surface area contributed by atoms with Gasteiger partial charge in [-0.2, -0.15) is 0 Å². The lowest BCUT2D eigenvalue weighted by Gasteiger charge is -2.29. The number of nitrogens with zero attached hydrogens (tertiary/aromatic N) is 1. The van der Waals surface area contributed by atoms with Gasteiger partial charge >= 0.3 is 0 Å². The predicted octanol–water partition coefficient (Wildman–Crippen LogP) is 5.38. The van der Waals surface area contributed by atoms with Gasteiger partial charge in [0, 0.05) is 24.2 Å². The number of amides is 1. The summed E-state index contributed by atoms with van der Waals surface area (Å²) in [4.78, 5) is 15.0. The lowest BCUT2D eigenvalue weighted by atomic mass is 10.0. The van der Waals surface area contributed by atoms with Crippen molar-refractivity contribution in [3.05, 3.63) is 65.2 Å². The van der Waals surface area contributed by atoms with Crippen molar-refractivity contribution in [2.45, 2.75) is 65.0 Å². The Morgan fingerprint density at radius 3 is 2.53 bits per heavy atom. The van der Waals surface area contributed by atoms with Crippen LogP contribution in [0.4, 0.5) is 0 Å². The fraction of sp³-hybridized carbons (Fsp3) is 0.500. The number of unbranched alkanes of at least 4 members (excludes halogenated alkanes) is 1. The minimum atomic E-state index is -0.0385. The molecule has 1 aliphatic rings. The largest absolute Gasteiger partial charge is 0.494 e. The highest BCUT2D eigenvalue weighted by atomic mass is 16.5. The Morgan fingerprint density at radius 1 is 1.17 bits per heavy atom. The molecule has 1 amide bonds. The maximum absolute atomic E-state index is 12.4. The number of hydrogen-bond donors (Lipinski definition) is 1. The van der Waals surface area contributed by atoms with Crippen LogP contribution in [0.15, 0.2) is 48.5 Å². The number of carbonyl (C=O) groups excluding carboxylic acids is 1. The van der Waals surface area contributed by atoms with Gasteiger partial charge in [0.25, 0.3) is 5.91 Å². The number of likely N-dealkylation sites (tertiary alicyclic amines) is 1. The van der Waals surface area contributed by atoms with Crippen molar-refractivity contribution in [2.24, 2.45) is 0 Å². The number of hydrogen-bond acceptors (Lipinski definition) is 3. The molecule has 30 heavy (non-hydrogen) atoms. The molecule has 2 unspecified atom stereocenters. The van der Waals surface area contributed by atoms with Crippen molar-refractivity contribution < 1.29 is 9.53 Å². The molecule has 162 valence electrons. The smallest absolute Gasteiger partial charge is 0.251 e. The van der Waals surface area contributed by atoms with Crippen molar-refractivity contribution in [1.29, 1.82) is 0 Å². The molecule has 1 fully saturated rings. The van der Waals surface area contributed by atoms with Crippen LogP contribution in [0.5, 0.6) is 5.75 Å². The van der Waals surface area contributed by atoms with E-state index in [1.54, 1.807) is 0 Å². The van der Waals surface area contributed by atoms with Crippen LogP contribution in [-0.2, 0) is 6.42 Å². The zero-order valence-corrected chi connectivity index (χ0v) is 18.7. The van der Waals surface area contributed by atoms with Gasteiger partial charge in [0.05, 0.1) is 6.61 Å². The summed E-state index contributed by atoms with van der Waals surface area (Å²) in [6.45, 7) is 9.32. The van der Waals surface area contributed by atoms with Crippen LogP contribution in [-0.4, -0.2) is 36.5 Å². The Morgan fingerprint density at radius 2 is 1.90 bits per heavy atom. The van der Waals surface area contributed by atoms with Gasteiger partial charge in [0.2, 0.25) is 0 Å². The van der Waals surface area contributed by atoms with Gasteiger partial charge < -0.3 is 10.1 Å². The molecule has 1 heterocycles. The van der Waals surface area contributed by atoms with Crippen LogP contribution in [0.3, 0.4) is 0 Å². The standard InChI is InChI=1S/C26H36N2O2/c1-4-5-19-30-25-14-12-24(13-15-25)26(29)27-17-16-22-8-10-23(11-9-22)21(3)28-18-6-7-20(28)2/h8-15,20-21H,4-7,16-19H2,1-3H3,(H,27,29). The minimum absolute atomic E-state index is 0.0385. The molecule has 3 rings (SSSR count). The van der Waals surface area contributed by atoms with E-state index in [1.807, 2.05) is 24.3 Å². The van der Waals surface area contributed by atoms with E-state index < -0.39 is 0 Å². The summed E-state index contributed by atoms with van der Waals surface area (Å²) in [7, 11) is 0. The van der Waals surface area contributed by atoms with E-state index in [9.17, 15) is 4.79 Å². The summed E-state index contributed by atoms with van der Waals surface area (Å²) < 4.78 is 5.65. The Kier molecular flexibility index (Phi) is 8.32. The molecule has 1 N–H and O–H groups in total. The van der Waals surface area contributed by atoms with E-state index in [4.69, 9.17) is 4.74 Å². The third kappa shape index (κ3) is 6.09. The van der Waals surface area contributed by atoms with Crippen molar-refractivity contribution in [2.75, 3.05) is 19.7 Å². The molecular formula is C26H36N2O2. The summed E-state index contributed by atoms with van der Waals surface area (Å²) in [5, 5.41) is 3.02. The zero-order chi connectivity index (χ0) is 21.3. The van der Waals surface area contributed by atoms with Gasteiger partial charge in [0.1, 0.15) is 5.75 Å². The summed E-state index contributed by atoms with van der Waals surface area (Å²) >= 11 is 0. The van der Waals surface area contributed by atoms with Gasteiger partial charge in [-0.15, -0.1) is 0 Å². The normalized spacial score (nSPS) is 17.6. The fourth-order valence-electron chi connectivity index (χ4n) is 4.14. The van der Waals surface area contributed by atoms with E-state index in [1.165, 1.54) is 30.5 Å². The third-order valence-corrected chi connectivity index (χ3v) is 6.15. The first-order chi connectivity index (χ1) is 14.6. The molecule has 0 bridgehead atoms. The van der Waals surface area contributed by atoms with Crippen molar-refractivity contribution in [1.82, 2.24) is 10.2 Å². The SMILES string of the molecule is CCCCOc1ccc(C(=O)NCCc2ccc(C(C)N3CCCC3C)cc2)cc1. The number of rotatable bonds is 10. The van der Waals surface area contributed by atoms with Crippen LogP contribution in [0.1, 0.15) is 74.0 Å². The molecule has 0 saturated carbocycles. The van der Waals surface area contributed by atoms with Gasteiger partial charge in [-0.3, -0.25) is 9.69 Å². The van der Waals surface area contributed by atoms with Gasteiger partial charge in [-0.25, -0.2) is 0 Å². The van der Waals surface area contributed by atoms with Gasteiger partial charge in [0.15, 0.2) is 0 Å². The highest BCUT2D eigenvalue weighted by Gasteiger charge is 2.25. The zero-order valence-electron chi connectivity index (χ0n) is 18.7. The Hall–Kier alpha value is -2.33. The van der Waals surface area contributed by atoms with Crippen molar-refractivity contribution in [3.8, 4) is 5.75 Å². The molecule has 2 aromatic rings. The molecule has 4 heteroatoms. The third-order valence-electron chi connectivity index (χ3n) is 6.15. The minimum Gasteiger partial charge on any atom is -0.494 e. The molecule has 2 atom stereocenters. The number of carbonyl (C=O) groups is 1. The average Bonchev–Trinajstić information content (AvgIpc) is 3.20. The molecule has 0 radical (unpaired) electrons. The van der Waals surface area contributed by atoms with E-state index in [-0.39, 0.29) is 5.91 Å². The van der Waals surface area contributed by atoms with Crippen LogP contribution >= 0.6 is 0 Å². The van der Waals surface area contributed by atoms with Gasteiger partial charge in [-0.05, 0) is 81.5 Å². The maximum Gasteiger partial charge on any atom is 0.251 e. The molecule has 1 saturated heterocycles. The highest BCUT2D eigenvalue weighted by Crippen LogP contribution is 2.28. The van der Waals surface area contributed by atoms with Crippen molar-refractivity contribution in [3.63, 3.8) is 0 Å². The monoisotopic (exact) mass is 408 g/mol. The maximum atomic E-state index is 12.4. The fourth-order valence-corrected chi connectivity index (χ4v) is 4.14. The van der Waals surface area contributed by atoms with Crippen LogP contribution in [0, 0.1) is 0 Å². The molecular weight excluding hydrogens is 372 g/mol. The van der Waals surface area contributed by atoms with Crippen LogP contribution in [0.2, 0.25) is 0 Å². The molecule has 2 aromatic carbocycles. The van der Waals surface area contributed by atoms with E-state index in [2.05, 4.69) is 55.3 Å². The Labute approximate surface area is 181 Å². The first-order valence-corrected chi connectivity index (χ1v) is 11.4. The summed E-state index contributed by atoms with van der Waals surface area (Å²) in [6, 6.07) is 17.4. The number of ether oxygens (including phenoxy) is 1. The molecule has 4 nitrogen and oxygen atoms in total. The second-order valence-electron chi connectivity index (χ2n) is 8.38. The van der Waals surface area contributed by atoms with Crippen LogP contribution < -0.4 is 10.1 Å². The molecule has 0 spiro atoms. The lowest BCUT2D eigenvalue weighted by molar-refractivity contribution is 0.0954. The highest BCUT2D eigenvalue weighted by molar-refractivity contribution is 5.94. The quantitative estimate of drug-likeness (QED) is 0.536. The molecule has 1 aliphatic heterocycles. The molecule has 0 aliphatic carbocycles. The second kappa shape index (κ2) is 11.2. The predicted molar refractivity (Wildman–Crippen MR) is 123 cm³/mol. The van der Waals surface area contributed by atoms with Crippen molar-refractivity contribution >= 4 is 5.91 Å².